The van der Waals surface area contributed by atoms with Gasteiger partial charge in [0.05, 0.1) is 5.56 Å². The van der Waals surface area contributed by atoms with Crippen LogP contribution in [0.15, 0.2) is 53.0 Å². The predicted molar refractivity (Wildman–Crippen MR) is 101 cm³/mol. The second-order valence-corrected chi connectivity index (χ2v) is 7.72. The maximum atomic E-state index is 12.0. The van der Waals surface area contributed by atoms with Crippen molar-refractivity contribution in [2.24, 2.45) is 0 Å². The molecular weight excluding hydrogens is 382 g/mol. The molecule has 0 bridgehead atoms. The summed E-state index contributed by atoms with van der Waals surface area (Å²) in [5.41, 5.74) is 2.57. The zero-order chi connectivity index (χ0) is 18.4. The quantitative estimate of drug-likeness (QED) is 0.760. The molecular formula is C20H22BrNO3. The molecule has 1 amide bonds. The molecule has 0 fully saturated rings. The van der Waals surface area contributed by atoms with Crippen LogP contribution >= 0.6 is 15.9 Å². The van der Waals surface area contributed by atoms with E-state index in [1.54, 1.807) is 12.1 Å². The van der Waals surface area contributed by atoms with Gasteiger partial charge in [-0.3, -0.25) is 4.79 Å². The molecule has 2 aromatic carbocycles. The number of hydrogen-bond donors (Lipinski definition) is 1. The highest BCUT2D eigenvalue weighted by atomic mass is 79.9. The molecule has 1 N–H and O–H groups in total. The van der Waals surface area contributed by atoms with Crippen LogP contribution in [0.4, 0.5) is 0 Å². The highest BCUT2D eigenvalue weighted by Gasteiger charge is 2.15. The minimum atomic E-state index is -0.501. The van der Waals surface area contributed by atoms with Crippen LogP contribution in [0, 0.1) is 0 Å². The van der Waals surface area contributed by atoms with Crippen LogP contribution in [0.1, 0.15) is 42.3 Å². The van der Waals surface area contributed by atoms with E-state index in [4.69, 9.17) is 4.74 Å². The average molecular weight is 404 g/mol. The van der Waals surface area contributed by atoms with Crippen molar-refractivity contribution in [3.05, 3.63) is 69.7 Å². The van der Waals surface area contributed by atoms with Crippen molar-refractivity contribution in [1.29, 1.82) is 0 Å². The summed E-state index contributed by atoms with van der Waals surface area (Å²) in [5.74, 6) is -0.832. The van der Waals surface area contributed by atoms with Crippen LogP contribution in [0.5, 0.6) is 0 Å². The Hall–Kier alpha value is -2.14. The van der Waals surface area contributed by atoms with E-state index in [0.29, 0.717) is 12.1 Å². The maximum Gasteiger partial charge on any atom is 0.338 e. The number of amides is 1. The van der Waals surface area contributed by atoms with E-state index in [-0.39, 0.29) is 17.9 Å². The lowest BCUT2D eigenvalue weighted by Gasteiger charge is -2.18. The highest BCUT2D eigenvalue weighted by Crippen LogP contribution is 2.22. The third-order valence-corrected chi connectivity index (χ3v) is 4.25. The number of halogens is 1. The molecule has 5 heteroatoms. The zero-order valence-corrected chi connectivity index (χ0v) is 16.2. The van der Waals surface area contributed by atoms with Gasteiger partial charge in [-0.05, 0) is 40.8 Å². The van der Waals surface area contributed by atoms with E-state index in [2.05, 4.69) is 42.0 Å². The summed E-state index contributed by atoms with van der Waals surface area (Å²) in [4.78, 5) is 23.8. The minimum Gasteiger partial charge on any atom is -0.452 e. The normalized spacial score (nSPS) is 11.0. The van der Waals surface area contributed by atoms with Crippen molar-refractivity contribution in [1.82, 2.24) is 5.32 Å². The standard InChI is InChI=1S/C20H22BrNO3/c1-20(2,3)16-8-6-15(7-9-16)19(24)25-13-18(23)22-12-14-4-10-17(21)11-5-14/h4-11H,12-13H2,1-3H3,(H,22,23). The van der Waals surface area contributed by atoms with Gasteiger partial charge in [0, 0.05) is 11.0 Å². The zero-order valence-electron chi connectivity index (χ0n) is 14.6. The summed E-state index contributed by atoms with van der Waals surface area (Å²) >= 11 is 3.36. The lowest BCUT2D eigenvalue weighted by molar-refractivity contribution is -0.124. The summed E-state index contributed by atoms with van der Waals surface area (Å²) in [6.07, 6.45) is 0. The highest BCUT2D eigenvalue weighted by molar-refractivity contribution is 9.10. The van der Waals surface area contributed by atoms with E-state index < -0.39 is 5.97 Å². The Labute approximate surface area is 156 Å². The Kier molecular flexibility index (Phi) is 6.37. The summed E-state index contributed by atoms with van der Waals surface area (Å²) in [7, 11) is 0. The van der Waals surface area contributed by atoms with Gasteiger partial charge in [-0.15, -0.1) is 0 Å². The van der Waals surface area contributed by atoms with Gasteiger partial charge < -0.3 is 10.1 Å². The third-order valence-electron chi connectivity index (χ3n) is 3.72. The average Bonchev–Trinajstić information content (AvgIpc) is 2.58. The van der Waals surface area contributed by atoms with E-state index >= 15 is 0 Å². The lowest BCUT2D eigenvalue weighted by Crippen LogP contribution is -2.28. The van der Waals surface area contributed by atoms with Crippen molar-refractivity contribution in [3.63, 3.8) is 0 Å². The Balaban J connectivity index is 1.80. The van der Waals surface area contributed by atoms with E-state index in [1.165, 1.54) is 0 Å². The fourth-order valence-corrected chi connectivity index (χ4v) is 2.44. The second kappa shape index (κ2) is 8.30. The predicted octanol–water partition coefficient (Wildman–Crippen LogP) is 4.22. The number of nitrogens with one attached hydrogen (secondary N) is 1. The summed E-state index contributed by atoms with van der Waals surface area (Å²) < 4.78 is 6.04. The maximum absolute atomic E-state index is 12.0. The smallest absolute Gasteiger partial charge is 0.338 e. The van der Waals surface area contributed by atoms with Gasteiger partial charge >= 0.3 is 5.97 Å². The summed E-state index contributed by atoms with van der Waals surface area (Å²) in [6, 6.07) is 14.9. The molecule has 0 atom stereocenters. The first-order valence-electron chi connectivity index (χ1n) is 8.04. The first-order valence-corrected chi connectivity index (χ1v) is 8.84. The molecule has 0 aliphatic heterocycles. The van der Waals surface area contributed by atoms with Crippen LogP contribution in [-0.4, -0.2) is 18.5 Å². The van der Waals surface area contributed by atoms with Gasteiger partial charge in [-0.1, -0.05) is 61.0 Å². The molecule has 25 heavy (non-hydrogen) atoms. The molecule has 0 aromatic heterocycles. The molecule has 0 radical (unpaired) electrons. The summed E-state index contributed by atoms with van der Waals surface area (Å²) in [5, 5.41) is 2.72. The third kappa shape index (κ3) is 6.02. The largest absolute Gasteiger partial charge is 0.452 e. The second-order valence-electron chi connectivity index (χ2n) is 6.81. The van der Waals surface area contributed by atoms with Gasteiger partial charge in [0.15, 0.2) is 6.61 Å². The molecule has 0 spiro atoms. The molecule has 4 nitrogen and oxygen atoms in total. The number of carbonyl (C=O) groups is 2. The molecule has 0 aliphatic carbocycles. The Morgan fingerprint density at radius 2 is 1.60 bits per heavy atom. The minimum absolute atomic E-state index is 0.0232. The van der Waals surface area contributed by atoms with E-state index in [9.17, 15) is 9.59 Å². The number of benzene rings is 2. The molecule has 0 heterocycles. The van der Waals surface area contributed by atoms with Gasteiger partial charge in [0.1, 0.15) is 0 Å². The van der Waals surface area contributed by atoms with Crippen molar-refractivity contribution in [2.75, 3.05) is 6.61 Å². The Morgan fingerprint density at radius 3 is 2.16 bits per heavy atom. The van der Waals surface area contributed by atoms with E-state index in [0.717, 1.165) is 15.6 Å². The molecule has 132 valence electrons. The molecule has 2 rings (SSSR count). The van der Waals surface area contributed by atoms with Crippen LogP contribution in [0.2, 0.25) is 0 Å². The van der Waals surface area contributed by atoms with Crippen LogP contribution in [-0.2, 0) is 21.5 Å². The van der Waals surface area contributed by atoms with Crippen molar-refractivity contribution in [2.45, 2.75) is 32.7 Å². The van der Waals surface area contributed by atoms with Gasteiger partial charge in [-0.25, -0.2) is 4.79 Å². The van der Waals surface area contributed by atoms with Crippen molar-refractivity contribution in [3.8, 4) is 0 Å². The van der Waals surface area contributed by atoms with Crippen LogP contribution in [0.25, 0.3) is 0 Å². The van der Waals surface area contributed by atoms with E-state index in [1.807, 2.05) is 36.4 Å². The Bertz CT molecular complexity index is 731. The Morgan fingerprint density at radius 1 is 1.00 bits per heavy atom. The monoisotopic (exact) mass is 403 g/mol. The fourth-order valence-electron chi connectivity index (χ4n) is 2.17. The number of esters is 1. The van der Waals surface area contributed by atoms with Gasteiger partial charge in [0.2, 0.25) is 0 Å². The first-order chi connectivity index (χ1) is 11.8. The van der Waals surface area contributed by atoms with Gasteiger partial charge in [0.25, 0.3) is 5.91 Å². The number of hydrogen-bond acceptors (Lipinski definition) is 3. The van der Waals surface area contributed by atoms with Crippen molar-refractivity contribution < 1.29 is 14.3 Å². The molecule has 0 saturated heterocycles. The molecule has 0 aliphatic rings. The number of ether oxygens (including phenoxy) is 1. The first kappa shape index (κ1) is 19.2. The van der Waals surface area contributed by atoms with Crippen LogP contribution < -0.4 is 5.32 Å². The molecule has 0 saturated carbocycles. The lowest BCUT2D eigenvalue weighted by atomic mass is 9.87. The SMILES string of the molecule is CC(C)(C)c1ccc(C(=O)OCC(=O)NCc2ccc(Br)cc2)cc1. The van der Waals surface area contributed by atoms with Gasteiger partial charge in [-0.2, -0.15) is 0 Å². The molecule has 2 aromatic rings. The number of rotatable bonds is 5. The number of carbonyl (C=O) groups excluding carboxylic acids is 2. The summed E-state index contributed by atoms with van der Waals surface area (Å²) in [6.45, 7) is 6.42. The topological polar surface area (TPSA) is 55.4 Å². The molecule has 0 unspecified atom stereocenters. The fraction of sp³-hybridized carbons (Fsp3) is 0.300. The van der Waals surface area contributed by atoms with Crippen LogP contribution in [0.3, 0.4) is 0 Å². The van der Waals surface area contributed by atoms with Crippen molar-refractivity contribution >= 4 is 27.8 Å².